The van der Waals surface area contributed by atoms with Crippen molar-refractivity contribution in [2.24, 2.45) is 0 Å². The number of hydrogen-bond donors (Lipinski definition) is 0. The maximum atomic E-state index is 12.9. The van der Waals surface area contributed by atoms with Gasteiger partial charge in [0.05, 0.1) is 11.4 Å². The van der Waals surface area contributed by atoms with E-state index in [0.29, 0.717) is 22.8 Å². The Bertz CT molecular complexity index is 788. The van der Waals surface area contributed by atoms with Gasteiger partial charge in [-0.1, -0.05) is 0 Å². The molecule has 0 aliphatic carbocycles. The summed E-state index contributed by atoms with van der Waals surface area (Å²) in [6.45, 7) is 5.77. The summed E-state index contributed by atoms with van der Waals surface area (Å²) >= 11 is 1.61. The van der Waals surface area contributed by atoms with Gasteiger partial charge in [-0.05, 0) is 32.9 Å². The van der Waals surface area contributed by atoms with E-state index in [9.17, 15) is 9.59 Å². The maximum Gasteiger partial charge on any atom is 0.256 e. The quantitative estimate of drug-likeness (QED) is 0.840. The van der Waals surface area contributed by atoms with Crippen LogP contribution in [0.1, 0.15) is 30.0 Å². The minimum atomic E-state index is -0.410. The normalized spacial score (nSPS) is 17.7. The van der Waals surface area contributed by atoms with Gasteiger partial charge in [0.1, 0.15) is 11.9 Å². The second kappa shape index (κ2) is 6.43. The molecule has 3 rings (SSSR count). The minimum Gasteiger partial charge on any atom is -0.342 e. The van der Waals surface area contributed by atoms with Gasteiger partial charge in [0, 0.05) is 25.0 Å². The van der Waals surface area contributed by atoms with Gasteiger partial charge in [0.2, 0.25) is 5.91 Å². The Balaban J connectivity index is 1.87. The van der Waals surface area contributed by atoms with Crippen LogP contribution in [0.25, 0.3) is 5.65 Å². The first-order valence-electron chi connectivity index (χ1n) is 7.87. The molecule has 1 saturated heterocycles. The SMILES string of the molecule is Cc1nnc2ccc(C(=O)N3CSCC3C(=O)N(C)C(C)C)cn12. The number of carbonyl (C=O) groups excluding carboxylic acids is 2. The van der Waals surface area contributed by atoms with E-state index in [1.54, 1.807) is 51.3 Å². The molecule has 0 N–H and O–H groups in total. The van der Waals surface area contributed by atoms with Crippen LogP contribution in [0.3, 0.4) is 0 Å². The molecule has 3 heterocycles. The van der Waals surface area contributed by atoms with E-state index >= 15 is 0 Å². The Kier molecular flexibility index (Phi) is 4.49. The molecule has 1 unspecified atom stereocenters. The van der Waals surface area contributed by atoms with E-state index in [1.807, 2.05) is 20.8 Å². The Morgan fingerprint density at radius 1 is 1.33 bits per heavy atom. The molecule has 0 radical (unpaired) electrons. The Morgan fingerprint density at radius 2 is 2.08 bits per heavy atom. The number of nitrogens with zero attached hydrogens (tertiary/aromatic N) is 5. The Labute approximate surface area is 145 Å². The van der Waals surface area contributed by atoms with E-state index in [2.05, 4.69) is 10.2 Å². The van der Waals surface area contributed by atoms with Crippen LogP contribution in [-0.4, -0.2) is 67.0 Å². The van der Waals surface area contributed by atoms with Crippen molar-refractivity contribution < 1.29 is 9.59 Å². The van der Waals surface area contributed by atoms with E-state index in [4.69, 9.17) is 0 Å². The minimum absolute atomic E-state index is 0.00935. The summed E-state index contributed by atoms with van der Waals surface area (Å²) in [5, 5.41) is 8.03. The van der Waals surface area contributed by atoms with Crippen molar-refractivity contribution in [2.75, 3.05) is 18.7 Å². The number of pyridine rings is 1. The lowest BCUT2D eigenvalue weighted by molar-refractivity contribution is -0.135. The first kappa shape index (κ1) is 16.8. The Morgan fingerprint density at radius 3 is 2.79 bits per heavy atom. The van der Waals surface area contributed by atoms with Crippen LogP contribution >= 0.6 is 11.8 Å². The van der Waals surface area contributed by atoms with Crippen molar-refractivity contribution in [2.45, 2.75) is 32.9 Å². The van der Waals surface area contributed by atoms with Crippen molar-refractivity contribution in [1.82, 2.24) is 24.4 Å². The lowest BCUT2D eigenvalue weighted by Crippen LogP contribution is -2.49. The number of likely N-dealkylation sites (N-methyl/N-ethyl adjacent to an activating group) is 1. The summed E-state index contributed by atoms with van der Waals surface area (Å²) in [6, 6.07) is 3.21. The molecule has 2 amide bonds. The average Bonchev–Trinajstić information content (AvgIpc) is 3.19. The highest BCUT2D eigenvalue weighted by Gasteiger charge is 2.37. The fourth-order valence-corrected chi connectivity index (χ4v) is 3.78. The van der Waals surface area contributed by atoms with Gasteiger partial charge in [-0.3, -0.25) is 14.0 Å². The molecule has 1 atom stereocenters. The molecule has 1 aliphatic heterocycles. The third-order valence-corrected chi connectivity index (χ3v) is 5.38. The number of rotatable bonds is 3. The molecule has 2 aromatic rings. The van der Waals surface area contributed by atoms with Crippen LogP contribution < -0.4 is 0 Å². The first-order chi connectivity index (χ1) is 11.4. The highest BCUT2D eigenvalue weighted by atomic mass is 32.2. The number of carbonyl (C=O) groups is 2. The third kappa shape index (κ3) is 2.86. The predicted octanol–water partition coefficient (Wildman–Crippen LogP) is 1.42. The second-order valence-corrected chi connectivity index (χ2v) is 7.23. The topological polar surface area (TPSA) is 70.8 Å². The number of thioether (sulfide) groups is 1. The lowest BCUT2D eigenvalue weighted by Gasteiger charge is -2.29. The molecule has 0 saturated carbocycles. The molecule has 0 aromatic carbocycles. The van der Waals surface area contributed by atoms with Crippen molar-refractivity contribution >= 4 is 29.2 Å². The van der Waals surface area contributed by atoms with Crippen LogP contribution in [0.5, 0.6) is 0 Å². The summed E-state index contributed by atoms with van der Waals surface area (Å²) in [7, 11) is 1.78. The predicted molar refractivity (Wildman–Crippen MR) is 92.9 cm³/mol. The molecule has 7 nitrogen and oxygen atoms in total. The molecule has 128 valence electrons. The van der Waals surface area contributed by atoms with Crippen LogP contribution in [0.4, 0.5) is 0 Å². The van der Waals surface area contributed by atoms with Gasteiger partial charge in [-0.25, -0.2) is 0 Å². The first-order valence-corrected chi connectivity index (χ1v) is 9.02. The summed E-state index contributed by atoms with van der Waals surface area (Å²) < 4.78 is 1.79. The van der Waals surface area contributed by atoms with Gasteiger partial charge in [-0.15, -0.1) is 22.0 Å². The van der Waals surface area contributed by atoms with Gasteiger partial charge in [0.15, 0.2) is 5.65 Å². The number of amides is 2. The maximum absolute atomic E-state index is 12.9. The summed E-state index contributed by atoms with van der Waals surface area (Å²) in [4.78, 5) is 28.9. The monoisotopic (exact) mass is 347 g/mol. The molecule has 0 spiro atoms. The molecule has 0 bridgehead atoms. The fourth-order valence-electron chi connectivity index (χ4n) is 2.63. The van der Waals surface area contributed by atoms with Crippen LogP contribution in [-0.2, 0) is 4.79 Å². The highest BCUT2D eigenvalue weighted by Crippen LogP contribution is 2.25. The Hall–Kier alpha value is -2.09. The molecular formula is C16H21N5O2S. The van der Waals surface area contributed by atoms with Crippen molar-refractivity contribution in [1.29, 1.82) is 0 Å². The molecule has 1 fully saturated rings. The molecule has 8 heteroatoms. The van der Waals surface area contributed by atoms with Gasteiger partial charge in [-0.2, -0.15) is 0 Å². The van der Waals surface area contributed by atoms with Gasteiger partial charge >= 0.3 is 0 Å². The second-order valence-electron chi connectivity index (χ2n) is 6.23. The van der Waals surface area contributed by atoms with Gasteiger partial charge < -0.3 is 9.80 Å². The third-order valence-electron chi connectivity index (χ3n) is 4.37. The summed E-state index contributed by atoms with van der Waals surface area (Å²) in [6.07, 6.45) is 1.74. The van der Waals surface area contributed by atoms with Crippen molar-refractivity contribution in [3.05, 3.63) is 29.7 Å². The smallest absolute Gasteiger partial charge is 0.256 e. The largest absolute Gasteiger partial charge is 0.342 e. The number of aromatic nitrogens is 3. The summed E-state index contributed by atoms with van der Waals surface area (Å²) in [5.74, 6) is 1.74. The fraction of sp³-hybridized carbons (Fsp3) is 0.500. The van der Waals surface area contributed by atoms with Crippen LogP contribution in [0, 0.1) is 6.92 Å². The van der Waals surface area contributed by atoms with Gasteiger partial charge in [0.25, 0.3) is 5.91 Å². The standard InChI is InChI=1S/C16H21N5O2S/c1-10(2)19(4)16(23)13-8-24-9-21(13)15(22)12-5-6-14-18-17-11(3)20(14)7-12/h5-7,10,13H,8-9H2,1-4H3. The van der Waals surface area contributed by atoms with E-state index in [0.717, 1.165) is 5.82 Å². The van der Waals surface area contributed by atoms with Crippen LogP contribution in [0.15, 0.2) is 18.3 Å². The number of hydrogen-bond acceptors (Lipinski definition) is 5. The average molecular weight is 347 g/mol. The number of fused-ring (bicyclic) bond motifs is 1. The van der Waals surface area contributed by atoms with Crippen LogP contribution in [0.2, 0.25) is 0 Å². The summed E-state index contributed by atoms with van der Waals surface area (Å²) in [5.41, 5.74) is 1.24. The zero-order valence-electron chi connectivity index (χ0n) is 14.3. The highest BCUT2D eigenvalue weighted by molar-refractivity contribution is 7.99. The van der Waals surface area contributed by atoms with E-state index in [-0.39, 0.29) is 17.9 Å². The number of aryl methyl sites for hydroxylation is 1. The lowest BCUT2D eigenvalue weighted by atomic mass is 10.2. The molecular weight excluding hydrogens is 326 g/mol. The molecule has 2 aromatic heterocycles. The van der Waals surface area contributed by atoms with E-state index < -0.39 is 6.04 Å². The van der Waals surface area contributed by atoms with E-state index in [1.165, 1.54) is 0 Å². The molecule has 1 aliphatic rings. The zero-order chi connectivity index (χ0) is 17.4. The van der Waals surface area contributed by atoms with Crippen molar-refractivity contribution in [3.63, 3.8) is 0 Å². The van der Waals surface area contributed by atoms with Crippen molar-refractivity contribution in [3.8, 4) is 0 Å². The zero-order valence-corrected chi connectivity index (χ0v) is 15.1. The molecule has 24 heavy (non-hydrogen) atoms.